The molecule has 2 fully saturated rings. The van der Waals surface area contributed by atoms with Crippen molar-refractivity contribution in [3.63, 3.8) is 0 Å². The van der Waals surface area contributed by atoms with Gasteiger partial charge in [0.25, 0.3) is 0 Å². The van der Waals surface area contributed by atoms with Crippen LogP contribution in [0.2, 0.25) is 5.02 Å². The molecule has 1 aromatic rings. The highest BCUT2D eigenvalue weighted by atomic mass is 35.5. The largest absolute Gasteiger partial charge is 0.436 e. The van der Waals surface area contributed by atoms with Crippen LogP contribution in [-0.4, -0.2) is 60.0 Å². The average molecular weight is 409 g/mol. The standard InChI is InChI=1S/C17H24ClF3N4O2/c18-14-15(12-2-3-12)25(23-16(14)17(19,20)21)7-4-13(26)22-5-1-6-24-8-10-27-11-9-24/h12H,1-11H2,(H,22,26). The maximum absolute atomic E-state index is 13.0. The number of aryl methyl sites for hydroxylation is 1. The molecule has 1 amide bonds. The number of amides is 1. The van der Waals surface area contributed by atoms with Crippen LogP contribution >= 0.6 is 11.6 Å². The van der Waals surface area contributed by atoms with Gasteiger partial charge in [-0.1, -0.05) is 11.6 Å². The van der Waals surface area contributed by atoms with Gasteiger partial charge in [-0.25, -0.2) is 0 Å². The summed E-state index contributed by atoms with van der Waals surface area (Å²) in [5.41, 5.74) is -0.652. The fourth-order valence-corrected chi connectivity index (χ4v) is 3.60. The molecule has 2 heterocycles. The fraction of sp³-hybridized carbons (Fsp3) is 0.765. The Morgan fingerprint density at radius 1 is 1.26 bits per heavy atom. The third-order valence-corrected chi connectivity index (χ3v) is 5.16. The van der Waals surface area contributed by atoms with E-state index in [0.717, 1.165) is 52.1 Å². The molecule has 0 spiro atoms. The Labute approximate surface area is 161 Å². The molecule has 27 heavy (non-hydrogen) atoms. The summed E-state index contributed by atoms with van der Waals surface area (Å²) in [5, 5.41) is 6.13. The van der Waals surface area contributed by atoms with E-state index in [-0.39, 0.29) is 29.8 Å². The topological polar surface area (TPSA) is 59.4 Å². The third-order valence-electron chi connectivity index (χ3n) is 4.79. The lowest BCUT2D eigenvalue weighted by molar-refractivity contribution is -0.141. The maximum atomic E-state index is 13.0. The van der Waals surface area contributed by atoms with Crippen molar-refractivity contribution < 1.29 is 22.7 Å². The molecular weight excluding hydrogens is 385 g/mol. The van der Waals surface area contributed by atoms with E-state index in [2.05, 4.69) is 15.3 Å². The van der Waals surface area contributed by atoms with E-state index in [4.69, 9.17) is 16.3 Å². The second kappa shape index (κ2) is 8.79. The molecule has 1 saturated carbocycles. The number of nitrogens with one attached hydrogen (secondary N) is 1. The summed E-state index contributed by atoms with van der Waals surface area (Å²) < 4.78 is 45.6. The summed E-state index contributed by atoms with van der Waals surface area (Å²) in [5.74, 6) is -0.184. The van der Waals surface area contributed by atoms with Crippen molar-refractivity contribution in [3.05, 3.63) is 16.4 Å². The molecule has 1 saturated heterocycles. The first-order chi connectivity index (χ1) is 12.9. The Kier molecular flexibility index (Phi) is 6.65. The van der Waals surface area contributed by atoms with Crippen LogP contribution in [0.5, 0.6) is 0 Å². The molecule has 152 valence electrons. The molecule has 0 aromatic carbocycles. The molecule has 1 aliphatic carbocycles. The number of hydrogen-bond donors (Lipinski definition) is 1. The predicted octanol–water partition coefficient (Wildman–Crippen LogP) is 2.66. The summed E-state index contributed by atoms with van der Waals surface area (Å²) in [6.07, 6.45) is -2.09. The van der Waals surface area contributed by atoms with Crippen LogP contribution in [0.25, 0.3) is 0 Å². The third kappa shape index (κ3) is 5.58. The lowest BCUT2D eigenvalue weighted by atomic mass is 10.2. The van der Waals surface area contributed by atoms with Crippen molar-refractivity contribution in [3.8, 4) is 0 Å². The molecule has 0 atom stereocenters. The van der Waals surface area contributed by atoms with Crippen LogP contribution < -0.4 is 5.32 Å². The van der Waals surface area contributed by atoms with Gasteiger partial charge >= 0.3 is 6.18 Å². The predicted molar refractivity (Wildman–Crippen MR) is 93.7 cm³/mol. The summed E-state index contributed by atoms with van der Waals surface area (Å²) in [7, 11) is 0. The number of morpholine rings is 1. The van der Waals surface area contributed by atoms with Gasteiger partial charge in [0.15, 0.2) is 5.69 Å². The van der Waals surface area contributed by atoms with E-state index < -0.39 is 11.9 Å². The first kappa shape index (κ1) is 20.4. The van der Waals surface area contributed by atoms with Gasteiger partial charge < -0.3 is 10.1 Å². The van der Waals surface area contributed by atoms with E-state index in [9.17, 15) is 18.0 Å². The van der Waals surface area contributed by atoms with Crippen molar-refractivity contribution in [1.29, 1.82) is 0 Å². The molecule has 0 unspecified atom stereocenters. The highest BCUT2D eigenvalue weighted by Crippen LogP contribution is 2.46. The molecule has 2 aliphatic rings. The smallest absolute Gasteiger partial charge is 0.379 e. The van der Waals surface area contributed by atoms with E-state index in [1.54, 1.807) is 0 Å². The number of ether oxygens (including phenoxy) is 1. The minimum absolute atomic E-state index is 0.0117. The van der Waals surface area contributed by atoms with Gasteiger partial charge in [-0.3, -0.25) is 14.4 Å². The Bertz CT molecular complexity index is 655. The highest BCUT2D eigenvalue weighted by Gasteiger charge is 2.41. The zero-order chi connectivity index (χ0) is 19.4. The Hall–Kier alpha value is -1.32. The molecular formula is C17H24ClF3N4O2. The van der Waals surface area contributed by atoms with Crippen molar-refractivity contribution in [2.75, 3.05) is 39.4 Å². The second-order valence-electron chi connectivity index (χ2n) is 6.95. The number of hydrogen-bond acceptors (Lipinski definition) is 4. The molecule has 0 bridgehead atoms. The number of carbonyl (C=O) groups is 1. The second-order valence-corrected chi connectivity index (χ2v) is 7.33. The number of carbonyl (C=O) groups excluding carboxylic acids is 1. The monoisotopic (exact) mass is 408 g/mol. The SMILES string of the molecule is O=C(CCn1nc(C(F)(F)F)c(Cl)c1C1CC1)NCCCN1CCOCC1. The number of halogens is 4. The molecule has 6 nitrogen and oxygen atoms in total. The minimum atomic E-state index is -4.59. The molecule has 1 aromatic heterocycles. The van der Waals surface area contributed by atoms with Crippen LogP contribution in [0, 0.1) is 0 Å². The quantitative estimate of drug-likeness (QED) is 0.672. The van der Waals surface area contributed by atoms with Crippen LogP contribution in [0.3, 0.4) is 0 Å². The lowest BCUT2D eigenvalue weighted by Crippen LogP contribution is -2.38. The molecule has 0 radical (unpaired) electrons. The molecule has 1 aliphatic heterocycles. The van der Waals surface area contributed by atoms with E-state index in [0.29, 0.717) is 12.2 Å². The van der Waals surface area contributed by atoms with Crippen molar-refractivity contribution >= 4 is 17.5 Å². The van der Waals surface area contributed by atoms with Gasteiger partial charge in [0.2, 0.25) is 5.91 Å². The van der Waals surface area contributed by atoms with Crippen molar-refractivity contribution in [2.24, 2.45) is 0 Å². The number of aromatic nitrogens is 2. The van der Waals surface area contributed by atoms with Gasteiger partial charge in [-0.05, 0) is 25.8 Å². The number of nitrogens with zero attached hydrogens (tertiary/aromatic N) is 3. The van der Waals surface area contributed by atoms with Crippen LogP contribution in [-0.2, 0) is 22.3 Å². The van der Waals surface area contributed by atoms with Crippen LogP contribution in [0.15, 0.2) is 0 Å². The highest BCUT2D eigenvalue weighted by molar-refractivity contribution is 6.32. The van der Waals surface area contributed by atoms with E-state index >= 15 is 0 Å². The van der Waals surface area contributed by atoms with Crippen LogP contribution in [0.4, 0.5) is 13.2 Å². The summed E-state index contributed by atoms with van der Waals surface area (Å²) in [6, 6.07) is 0. The zero-order valence-corrected chi connectivity index (χ0v) is 15.8. The minimum Gasteiger partial charge on any atom is -0.379 e. The number of alkyl halides is 3. The van der Waals surface area contributed by atoms with Gasteiger partial charge in [-0.2, -0.15) is 18.3 Å². The van der Waals surface area contributed by atoms with Gasteiger partial charge in [0.1, 0.15) is 0 Å². The number of rotatable bonds is 8. The Morgan fingerprint density at radius 2 is 1.96 bits per heavy atom. The summed E-state index contributed by atoms with van der Waals surface area (Å²) >= 11 is 5.92. The van der Waals surface area contributed by atoms with E-state index in [1.807, 2.05) is 0 Å². The normalized spacial score (nSPS) is 18.7. The van der Waals surface area contributed by atoms with Gasteiger partial charge in [0.05, 0.1) is 30.5 Å². The van der Waals surface area contributed by atoms with Crippen LogP contribution in [0.1, 0.15) is 43.0 Å². The Morgan fingerprint density at radius 3 is 2.59 bits per heavy atom. The van der Waals surface area contributed by atoms with Gasteiger partial charge in [0, 0.05) is 32.0 Å². The Balaban J connectivity index is 1.45. The van der Waals surface area contributed by atoms with Gasteiger partial charge in [-0.15, -0.1) is 0 Å². The van der Waals surface area contributed by atoms with Crippen molar-refractivity contribution in [1.82, 2.24) is 20.0 Å². The zero-order valence-electron chi connectivity index (χ0n) is 15.0. The first-order valence-electron chi connectivity index (χ1n) is 9.26. The van der Waals surface area contributed by atoms with Crippen molar-refractivity contribution in [2.45, 2.75) is 44.3 Å². The average Bonchev–Trinajstić information content (AvgIpc) is 3.40. The summed E-state index contributed by atoms with van der Waals surface area (Å²) in [4.78, 5) is 14.3. The maximum Gasteiger partial charge on any atom is 0.436 e. The first-order valence-corrected chi connectivity index (χ1v) is 9.64. The van der Waals surface area contributed by atoms with E-state index in [1.165, 1.54) is 4.68 Å². The molecule has 10 heteroatoms. The molecule has 3 rings (SSSR count). The fourth-order valence-electron chi connectivity index (χ4n) is 3.20. The molecule has 1 N–H and O–H groups in total. The lowest BCUT2D eigenvalue weighted by Gasteiger charge is -2.26. The summed E-state index contributed by atoms with van der Waals surface area (Å²) in [6.45, 7) is 4.80.